The minimum absolute atomic E-state index is 0.507. The molecular weight excluding hydrogens is 222 g/mol. The van der Waals surface area contributed by atoms with Crippen molar-refractivity contribution in [3.63, 3.8) is 0 Å². The summed E-state index contributed by atoms with van der Waals surface area (Å²) in [5, 5.41) is 7.42. The summed E-state index contributed by atoms with van der Waals surface area (Å²) < 4.78 is 5.48. The van der Waals surface area contributed by atoms with E-state index in [9.17, 15) is 0 Å². The maximum Gasteiger partial charge on any atom is 0.300 e. The minimum atomic E-state index is -0.833. The quantitative estimate of drug-likeness (QED) is 0.740. The van der Waals surface area contributed by atoms with E-state index < -0.39 is 5.97 Å². The van der Waals surface area contributed by atoms with Crippen molar-refractivity contribution >= 4 is 11.8 Å². The van der Waals surface area contributed by atoms with Crippen LogP contribution >= 0.6 is 0 Å². The molecule has 0 saturated carbocycles. The molecule has 1 aliphatic heterocycles. The topological polar surface area (TPSA) is 88.7 Å². The molecule has 2 rings (SSSR count). The van der Waals surface area contributed by atoms with Crippen molar-refractivity contribution in [2.45, 2.75) is 13.5 Å². The number of nitrogens with zero attached hydrogens (tertiary/aromatic N) is 2. The fraction of sp³-hybridized carbons (Fsp3) is 0.455. The fourth-order valence-electron chi connectivity index (χ4n) is 1.38. The van der Waals surface area contributed by atoms with Gasteiger partial charge in [-0.15, -0.1) is 0 Å². The Bertz CT molecular complexity index is 392. The van der Waals surface area contributed by atoms with Crippen molar-refractivity contribution in [2.24, 2.45) is 5.73 Å². The number of likely N-dealkylation sites (N-methyl/N-ethyl adjacent to an activating group) is 1. The van der Waals surface area contributed by atoms with Gasteiger partial charge in [0, 0.05) is 26.7 Å². The van der Waals surface area contributed by atoms with Gasteiger partial charge >= 0.3 is 0 Å². The molecule has 0 radical (unpaired) electrons. The van der Waals surface area contributed by atoms with Crippen LogP contribution in [0.2, 0.25) is 0 Å². The number of aliphatic carboxylic acids is 1. The molecular formula is C11H17N3O3. The number of rotatable bonds is 1. The first-order chi connectivity index (χ1) is 8.04. The number of nitrogens with two attached hydrogens (primary N) is 1. The van der Waals surface area contributed by atoms with Crippen molar-refractivity contribution in [2.75, 3.05) is 25.1 Å². The van der Waals surface area contributed by atoms with Crippen LogP contribution in [0.3, 0.4) is 0 Å². The van der Waals surface area contributed by atoms with E-state index >= 15 is 0 Å². The second-order valence-corrected chi connectivity index (χ2v) is 3.66. The van der Waals surface area contributed by atoms with Gasteiger partial charge in [-0.25, -0.2) is 4.98 Å². The lowest BCUT2D eigenvalue weighted by Crippen LogP contribution is -2.29. The number of ether oxygens (including phenoxy) is 1. The second kappa shape index (κ2) is 6.05. The second-order valence-electron chi connectivity index (χ2n) is 3.66. The van der Waals surface area contributed by atoms with Gasteiger partial charge in [0.15, 0.2) is 11.6 Å². The summed E-state index contributed by atoms with van der Waals surface area (Å²) in [6.45, 7) is 3.20. The Morgan fingerprint density at radius 1 is 1.71 bits per heavy atom. The average Bonchev–Trinajstić information content (AvgIpc) is 2.28. The lowest BCUT2D eigenvalue weighted by molar-refractivity contribution is -0.134. The van der Waals surface area contributed by atoms with E-state index in [2.05, 4.69) is 9.88 Å². The summed E-state index contributed by atoms with van der Waals surface area (Å²) >= 11 is 0. The Morgan fingerprint density at radius 2 is 2.35 bits per heavy atom. The maximum absolute atomic E-state index is 9.00. The first kappa shape index (κ1) is 13.2. The highest BCUT2D eigenvalue weighted by molar-refractivity contribution is 5.63. The number of fused-ring (bicyclic) bond motifs is 1. The Kier molecular flexibility index (Phi) is 4.71. The average molecular weight is 239 g/mol. The molecule has 0 spiro atoms. The summed E-state index contributed by atoms with van der Waals surface area (Å²) in [5.74, 6) is 0.917. The summed E-state index contributed by atoms with van der Waals surface area (Å²) in [7, 11) is 2.01. The number of aromatic nitrogens is 1. The molecule has 0 aromatic carbocycles. The van der Waals surface area contributed by atoms with Crippen molar-refractivity contribution in [3.05, 3.63) is 17.8 Å². The molecule has 0 unspecified atom stereocenters. The monoisotopic (exact) mass is 239 g/mol. The number of pyridine rings is 1. The standard InChI is InChI=1S/C9H13N3O.C2H4O2/c1-12-2-3-13-8-4-7(5-10)6-11-9(8)12;1-2(3)4/h4,6H,2-3,5,10H2,1H3;1H3,(H,3,4). The zero-order valence-corrected chi connectivity index (χ0v) is 10.0. The Balaban J connectivity index is 0.000000317. The molecule has 17 heavy (non-hydrogen) atoms. The Morgan fingerprint density at radius 3 is 2.94 bits per heavy atom. The summed E-state index contributed by atoms with van der Waals surface area (Å²) in [5.41, 5.74) is 6.52. The van der Waals surface area contributed by atoms with Crippen LogP contribution in [0.5, 0.6) is 5.75 Å². The lowest BCUT2D eigenvalue weighted by Gasteiger charge is -2.26. The number of hydrogen-bond acceptors (Lipinski definition) is 5. The van der Waals surface area contributed by atoms with Gasteiger partial charge in [0.1, 0.15) is 6.61 Å². The molecule has 0 amide bonds. The Labute approximate surface area is 100 Å². The van der Waals surface area contributed by atoms with Crippen LogP contribution in [0.4, 0.5) is 5.82 Å². The highest BCUT2D eigenvalue weighted by Gasteiger charge is 2.15. The molecule has 0 atom stereocenters. The van der Waals surface area contributed by atoms with Gasteiger partial charge in [-0.05, 0) is 11.6 Å². The molecule has 1 aliphatic rings. The third kappa shape index (κ3) is 3.92. The molecule has 0 fully saturated rings. The molecule has 0 saturated heterocycles. The number of carbonyl (C=O) groups is 1. The van der Waals surface area contributed by atoms with Crippen molar-refractivity contribution in [1.82, 2.24) is 4.98 Å². The molecule has 6 nitrogen and oxygen atoms in total. The summed E-state index contributed by atoms with van der Waals surface area (Å²) in [6, 6.07) is 1.96. The van der Waals surface area contributed by atoms with Gasteiger partial charge in [0.2, 0.25) is 0 Å². The minimum Gasteiger partial charge on any atom is -0.488 e. The number of hydrogen-bond donors (Lipinski definition) is 2. The third-order valence-electron chi connectivity index (χ3n) is 2.17. The lowest BCUT2D eigenvalue weighted by atomic mass is 10.2. The summed E-state index contributed by atoms with van der Waals surface area (Å²) in [4.78, 5) is 15.4. The predicted octanol–water partition coefficient (Wildman–Crippen LogP) is 0.460. The van der Waals surface area contributed by atoms with Crippen molar-refractivity contribution in [1.29, 1.82) is 0 Å². The maximum atomic E-state index is 9.00. The predicted molar refractivity (Wildman–Crippen MR) is 64.2 cm³/mol. The van der Waals surface area contributed by atoms with E-state index in [0.29, 0.717) is 6.54 Å². The number of carboxylic acid groups (broad SMARTS) is 1. The van der Waals surface area contributed by atoms with E-state index in [-0.39, 0.29) is 0 Å². The molecule has 0 aliphatic carbocycles. The van der Waals surface area contributed by atoms with E-state index in [1.807, 2.05) is 13.1 Å². The van der Waals surface area contributed by atoms with E-state index in [1.54, 1.807) is 6.20 Å². The van der Waals surface area contributed by atoms with Crippen LogP contribution < -0.4 is 15.4 Å². The molecule has 2 heterocycles. The molecule has 6 heteroatoms. The van der Waals surface area contributed by atoms with Crippen LogP contribution in [0.25, 0.3) is 0 Å². The van der Waals surface area contributed by atoms with Crippen LogP contribution in [-0.2, 0) is 11.3 Å². The summed E-state index contributed by atoms with van der Waals surface area (Å²) in [6.07, 6.45) is 1.80. The van der Waals surface area contributed by atoms with Gasteiger partial charge in [0.25, 0.3) is 5.97 Å². The molecule has 1 aromatic rings. The van der Waals surface area contributed by atoms with E-state index in [4.69, 9.17) is 20.4 Å². The van der Waals surface area contributed by atoms with E-state index in [1.165, 1.54) is 0 Å². The van der Waals surface area contributed by atoms with Crippen molar-refractivity contribution < 1.29 is 14.6 Å². The van der Waals surface area contributed by atoms with Gasteiger partial charge < -0.3 is 20.5 Å². The van der Waals surface area contributed by atoms with E-state index in [0.717, 1.165) is 37.2 Å². The zero-order valence-electron chi connectivity index (χ0n) is 10.0. The number of anilines is 1. The first-order valence-corrected chi connectivity index (χ1v) is 5.27. The molecule has 0 bridgehead atoms. The van der Waals surface area contributed by atoms with Gasteiger partial charge in [-0.3, -0.25) is 4.79 Å². The molecule has 1 aromatic heterocycles. The third-order valence-corrected chi connectivity index (χ3v) is 2.17. The first-order valence-electron chi connectivity index (χ1n) is 5.27. The van der Waals surface area contributed by atoms with Crippen LogP contribution in [-0.4, -0.2) is 36.3 Å². The van der Waals surface area contributed by atoms with Gasteiger partial charge in [0.05, 0.1) is 6.54 Å². The van der Waals surface area contributed by atoms with Crippen molar-refractivity contribution in [3.8, 4) is 5.75 Å². The van der Waals surface area contributed by atoms with Gasteiger partial charge in [-0.1, -0.05) is 0 Å². The largest absolute Gasteiger partial charge is 0.488 e. The normalized spacial score (nSPS) is 13.0. The highest BCUT2D eigenvalue weighted by atomic mass is 16.5. The fourth-order valence-corrected chi connectivity index (χ4v) is 1.38. The van der Waals surface area contributed by atoms with Crippen LogP contribution in [0, 0.1) is 0 Å². The van der Waals surface area contributed by atoms with Crippen LogP contribution in [0.1, 0.15) is 12.5 Å². The highest BCUT2D eigenvalue weighted by Crippen LogP contribution is 2.28. The smallest absolute Gasteiger partial charge is 0.300 e. The Hall–Kier alpha value is -1.82. The number of carboxylic acids is 1. The molecule has 94 valence electrons. The SMILES string of the molecule is CC(=O)O.CN1CCOc2cc(CN)cnc21. The molecule has 3 N–H and O–H groups in total. The van der Waals surface area contributed by atoms with Gasteiger partial charge in [-0.2, -0.15) is 0 Å². The van der Waals surface area contributed by atoms with Crippen LogP contribution in [0.15, 0.2) is 12.3 Å². The zero-order chi connectivity index (χ0) is 12.8.